The molecule has 1 saturated carbocycles. The number of esters is 2. The second-order valence-corrected chi connectivity index (χ2v) is 8.73. The fraction of sp³-hybridized carbons (Fsp3) is 0.762. The highest BCUT2D eigenvalue weighted by molar-refractivity contribution is 5.97. The third-order valence-electron chi connectivity index (χ3n) is 5.42. The summed E-state index contributed by atoms with van der Waals surface area (Å²) in [6.07, 6.45) is 3.70. The number of hydrogen-bond acceptors (Lipinski definition) is 6. The van der Waals surface area contributed by atoms with Gasteiger partial charge in [-0.1, -0.05) is 19.1 Å². The number of rotatable bonds is 5. The van der Waals surface area contributed by atoms with Crippen LogP contribution in [0.1, 0.15) is 53.9 Å². The third-order valence-corrected chi connectivity index (χ3v) is 5.42. The van der Waals surface area contributed by atoms with E-state index in [1.54, 1.807) is 27.7 Å². The first-order chi connectivity index (χ1) is 12.5. The quantitative estimate of drug-likeness (QED) is 0.448. The molecule has 1 N–H and O–H groups in total. The van der Waals surface area contributed by atoms with Crippen LogP contribution in [0.3, 0.4) is 0 Å². The van der Waals surface area contributed by atoms with Crippen molar-refractivity contribution in [1.29, 1.82) is 0 Å². The fourth-order valence-corrected chi connectivity index (χ4v) is 4.35. The highest BCUT2D eigenvalue weighted by Gasteiger charge is 2.48. The van der Waals surface area contributed by atoms with Gasteiger partial charge in [-0.2, -0.15) is 0 Å². The van der Waals surface area contributed by atoms with Crippen LogP contribution in [-0.2, 0) is 23.9 Å². The van der Waals surface area contributed by atoms with Gasteiger partial charge in [-0.25, -0.2) is 0 Å². The SMILES string of the molecule is CCOC(=O)[C@@H]1C2C(C=C[C@@H]1C)C[C@H](C(=O)CC(=O)OC(C)(C)C)C[C@@H]2O. The molecular formula is C21H32O6. The van der Waals surface area contributed by atoms with Crippen molar-refractivity contribution in [2.24, 2.45) is 29.6 Å². The van der Waals surface area contributed by atoms with Crippen LogP contribution >= 0.6 is 0 Å². The summed E-state index contributed by atoms with van der Waals surface area (Å²) in [5.74, 6) is -2.20. The van der Waals surface area contributed by atoms with Gasteiger partial charge in [-0.05, 0) is 52.4 Å². The van der Waals surface area contributed by atoms with Crippen molar-refractivity contribution in [3.63, 3.8) is 0 Å². The zero-order chi connectivity index (χ0) is 20.4. The molecule has 0 aliphatic heterocycles. The van der Waals surface area contributed by atoms with E-state index in [-0.39, 0.29) is 42.3 Å². The summed E-state index contributed by atoms with van der Waals surface area (Å²) >= 11 is 0. The van der Waals surface area contributed by atoms with E-state index in [0.717, 1.165) is 0 Å². The zero-order valence-corrected chi connectivity index (χ0v) is 16.9. The Labute approximate surface area is 161 Å². The molecule has 0 amide bonds. The lowest BCUT2D eigenvalue weighted by Gasteiger charge is -2.45. The molecule has 2 aliphatic rings. The lowest BCUT2D eigenvalue weighted by atomic mass is 9.61. The summed E-state index contributed by atoms with van der Waals surface area (Å²) in [4.78, 5) is 36.9. The number of ketones is 1. The van der Waals surface area contributed by atoms with Crippen molar-refractivity contribution in [1.82, 2.24) is 0 Å². The minimum absolute atomic E-state index is 0.0195. The van der Waals surface area contributed by atoms with E-state index in [2.05, 4.69) is 0 Å². The van der Waals surface area contributed by atoms with Gasteiger partial charge < -0.3 is 14.6 Å². The number of allylic oxidation sites excluding steroid dienone is 2. The number of aliphatic hydroxyl groups is 1. The summed E-state index contributed by atoms with van der Waals surface area (Å²) in [6, 6.07) is 0. The summed E-state index contributed by atoms with van der Waals surface area (Å²) in [6.45, 7) is 9.29. The zero-order valence-electron chi connectivity index (χ0n) is 16.9. The maximum atomic E-state index is 12.6. The summed E-state index contributed by atoms with van der Waals surface area (Å²) < 4.78 is 10.4. The second-order valence-electron chi connectivity index (χ2n) is 8.73. The second kappa shape index (κ2) is 8.55. The van der Waals surface area contributed by atoms with Crippen LogP contribution in [0.2, 0.25) is 0 Å². The van der Waals surface area contributed by atoms with E-state index in [1.165, 1.54) is 0 Å². The van der Waals surface area contributed by atoms with E-state index in [4.69, 9.17) is 9.47 Å². The number of fused-ring (bicyclic) bond motifs is 1. The Balaban J connectivity index is 2.07. The van der Waals surface area contributed by atoms with Gasteiger partial charge in [-0.3, -0.25) is 14.4 Å². The van der Waals surface area contributed by atoms with Crippen LogP contribution in [0.25, 0.3) is 0 Å². The van der Waals surface area contributed by atoms with Crippen molar-refractivity contribution in [2.45, 2.75) is 65.6 Å². The molecule has 0 bridgehead atoms. The van der Waals surface area contributed by atoms with Gasteiger partial charge in [0.1, 0.15) is 17.8 Å². The molecule has 2 aliphatic carbocycles. The molecule has 0 aromatic rings. The first-order valence-electron chi connectivity index (χ1n) is 9.81. The summed E-state index contributed by atoms with van der Waals surface area (Å²) in [7, 11) is 0. The van der Waals surface area contributed by atoms with E-state index in [9.17, 15) is 19.5 Å². The first-order valence-corrected chi connectivity index (χ1v) is 9.81. The topological polar surface area (TPSA) is 89.9 Å². The predicted molar refractivity (Wildman–Crippen MR) is 99.6 cm³/mol. The molecular weight excluding hydrogens is 348 g/mol. The van der Waals surface area contributed by atoms with Crippen LogP contribution in [-0.4, -0.2) is 41.1 Å². The molecule has 6 nitrogen and oxygen atoms in total. The van der Waals surface area contributed by atoms with E-state index in [0.29, 0.717) is 13.0 Å². The normalized spacial score (nSPS) is 33.1. The Kier molecular flexibility index (Phi) is 6.84. The molecule has 6 atom stereocenters. The molecule has 2 rings (SSSR count). The molecule has 27 heavy (non-hydrogen) atoms. The highest BCUT2D eigenvalue weighted by atomic mass is 16.6. The molecule has 0 saturated heterocycles. The first kappa shape index (κ1) is 21.6. The lowest BCUT2D eigenvalue weighted by molar-refractivity contribution is -0.158. The van der Waals surface area contributed by atoms with Crippen molar-refractivity contribution >= 4 is 17.7 Å². The molecule has 2 unspecified atom stereocenters. The minimum Gasteiger partial charge on any atom is -0.466 e. The van der Waals surface area contributed by atoms with Crippen molar-refractivity contribution in [3.05, 3.63) is 12.2 Å². The predicted octanol–water partition coefficient (Wildman–Crippen LogP) is 2.68. The van der Waals surface area contributed by atoms with Crippen molar-refractivity contribution < 1.29 is 29.0 Å². The van der Waals surface area contributed by atoms with E-state index < -0.39 is 29.5 Å². The maximum absolute atomic E-state index is 12.6. The Bertz CT molecular complexity index is 602. The van der Waals surface area contributed by atoms with Gasteiger partial charge in [-0.15, -0.1) is 0 Å². The van der Waals surface area contributed by atoms with Crippen LogP contribution in [0.5, 0.6) is 0 Å². The number of aliphatic hydroxyl groups excluding tert-OH is 1. The number of Topliss-reactive ketones (excluding diaryl/α,β-unsaturated/α-hetero) is 1. The largest absolute Gasteiger partial charge is 0.466 e. The maximum Gasteiger partial charge on any atom is 0.313 e. The highest BCUT2D eigenvalue weighted by Crippen LogP contribution is 2.45. The molecule has 152 valence electrons. The Morgan fingerprint density at radius 2 is 1.81 bits per heavy atom. The number of hydrogen-bond donors (Lipinski definition) is 1. The molecule has 6 heteroatoms. The standard InChI is InChI=1S/C21H32O6/c1-6-26-20(25)18-12(2)7-8-13-9-14(10-16(23)19(13)18)15(22)11-17(24)27-21(3,4)5/h7-8,12-14,16,18-19,23H,6,9-11H2,1-5H3/t12-,13?,14-,16-,18-,19?/m0/s1. The van der Waals surface area contributed by atoms with Crippen molar-refractivity contribution in [3.8, 4) is 0 Å². The Morgan fingerprint density at radius 3 is 2.41 bits per heavy atom. The monoisotopic (exact) mass is 380 g/mol. The number of carbonyl (C=O) groups is 3. The van der Waals surface area contributed by atoms with Gasteiger partial charge >= 0.3 is 11.9 Å². The van der Waals surface area contributed by atoms with Crippen LogP contribution < -0.4 is 0 Å². The fourth-order valence-electron chi connectivity index (χ4n) is 4.35. The molecule has 1 fully saturated rings. The van der Waals surface area contributed by atoms with E-state index >= 15 is 0 Å². The Hall–Kier alpha value is -1.69. The van der Waals surface area contributed by atoms with Gasteiger partial charge in [0.25, 0.3) is 0 Å². The molecule has 0 radical (unpaired) electrons. The summed E-state index contributed by atoms with van der Waals surface area (Å²) in [5.41, 5.74) is -0.635. The van der Waals surface area contributed by atoms with E-state index in [1.807, 2.05) is 19.1 Å². The van der Waals surface area contributed by atoms with Crippen LogP contribution in [0.4, 0.5) is 0 Å². The number of carbonyl (C=O) groups excluding carboxylic acids is 3. The van der Waals surface area contributed by atoms with Crippen molar-refractivity contribution in [2.75, 3.05) is 6.61 Å². The van der Waals surface area contributed by atoms with Crippen LogP contribution in [0.15, 0.2) is 12.2 Å². The van der Waals surface area contributed by atoms with Gasteiger partial charge in [0.15, 0.2) is 0 Å². The smallest absolute Gasteiger partial charge is 0.313 e. The van der Waals surface area contributed by atoms with Gasteiger partial charge in [0.2, 0.25) is 0 Å². The average molecular weight is 380 g/mol. The average Bonchev–Trinajstić information content (AvgIpc) is 2.53. The lowest BCUT2D eigenvalue weighted by Crippen LogP contribution is -2.48. The minimum atomic E-state index is -0.779. The number of ether oxygens (including phenoxy) is 2. The molecule has 0 heterocycles. The summed E-state index contributed by atoms with van der Waals surface area (Å²) in [5, 5.41) is 10.7. The Morgan fingerprint density at radius 1 is 1.15 bits per heavy atom. The van der Waals surface area contributed by atoms with Gasteiger partial charge in [0, 0.05) is 11.8 Å². The molecule has 0 aromatic carbocycles. The molecule has 0 spiro atoms. The van der Waals surface area contributed by atoms with Gasteiger partial charge in [0.05, 0.1) is 18.6 Å². The van der Waals surface area contributed by atoms with Crippen LogP contribution in [0, 0.1) is 29.6 Å². The third kappa shape index (κ3) is 5.41. The molecule has 0 aromatic heterocycles.